The summed E-state index contributed by atoms with van der Waals surface area (Å²) >= 11 is 12.0. The highest BCUT2D eigenvalue weighted by Gasteiger charge is 2.39. The molecule has 156 valence electrons. The van der Waals surface area contributed by atoms with Gasteiger partial charge in [-0.05, 0) is 11.6 Å². The molecule has 0 radical (unpaired) electrons. The van der Waals surface area contributed by atoms with E-state index < -0.39 is 30.5 Å². The Kier molecular flexibility index (Phi) is 6.16. The number of nitrogens with zero attached hydrogens (tertiary/aromatic N) is 4. The van der Waals surface area contributed by atoms with Crippen LogP contribution in [-0.4, -0.2) is 56.5 Å². The van der Waals surface area contributed by atoms with Gasteiger partial charge in [-0.15, -0.1) is 0 Å². The van der Waals surface area contributed by atoms with E-state index in [0.717, 1.165) is 11.3 Å². The fourth-order valence-corrected chi connectivity index (χ4v) is 4.17. The van der Waals surface area contributed by atoms with Gasteiger partial charge in [0.1, 0.15) is 18.2 Å². The van der Waals surface area contributed by atoms with Crippen molar-refractivity contribution >= 4 is 45.3 Å². The molecule has 2 aromatic heterocycles. The molecule has 0 spiro atoms. The Hall–Kier alpha value is -1.08. The maximum absolute atomic E-state index is 13.0. The fraction of sp³-hybridized carbons (Fsp3) is 0.643. The zero-order valence-corrected chi connectivity index (χ0v) is 16.3. The summed E-state index contributed by atoms with van der Waals surface area (Å²) in [5.74, 6) is -1.24. The predicted octanol–water partition coefficient (Wildman–Crippen LogP) is 3.75. The summed E-state index contributed by atoms with van der Waals surface area (Å²) in [5, 5.41) is 1.05. The van der Waals surface area contributed by atoms with Crippen molar-refractivity contribution < 1.29 is 31.5 Å². The van der Waals surface area contributed by atoms with Crippen LogP contribution in [-0.2, 0) is 22.7 Å². The van der Waals surface area contributed by atoms with Crippen molar-refractivity contribution in [2.24, 2.45) is 5.92 Å². The second-order valence-corrected chi connectivity index (χ2v) is 8.25. The third-order valence-electron chi connectivity index (χ3n) is 3.95. The van der Waals surface area contributed by atoms with E-state index in [1.165, 1.54) is 4.52 Å². The molecule has 6 nitrogen and oxygen atoms in total. The minimum absolute atomic E-state index is 0.0487. The molecule has 3 rings (SSSR count). The Morgan fingerprint density at radius 2 is 2.00 bits per heavy atom. The minimum atomic E-state index is -4.44. The molecule has 0 amide bonds. The minimum Gasteiger partial charge on any atom is -0.365 e. The lowest BCUT2D eigenvalue weighted by Crippen LogP contribution is -2.23. The van der Waals surface area contributed by atoms with Gasteiger partial charge in [-0.2, -0.15) is 27.1 Å². The molecular weight excluding hydrogens is 454 g/mol. The molecule has 1 saturated heterocycles. The zero-order chi connectivity index (χ0) is 20.7. The summed E-state index contributed by atoms with van der Waals surface area (Å²) in [6, 6.07) is 0. The van der Waals surface area contributed by atoms with Gasteiger partial charge in [-0.25, -0.2) is 9.50 Å². The van der Waals surface area contributed by atoms with Crippen LogP contribution >= 0.6 is 34.5 Å². The van der Waals surface area contributed by atoms with Gasteiger partial charge in [-0.1, -0.05) is 22.9 Å². The summed E-state index contributed by atoms with van der Waals surface area (Å²) < 4.78 is 68.3. The van der Waals surface area contributed by atoms with Gasteiger partial charge in [-0.3, -0.25) is 9.69 Å². The number of ether oxygens (including phenoxy) is 1. The number of imidazole rings is 1. The van der Waals surface area contributed by atoms with E-state index in [1.807, 2.05) is 0 Å². The van der Waals surface area contributed by atoms with Crippen molar-refractivity contribution in [3.8, 4) is 0 Å². The summed E-state index contributed by atoms with van der Waals surface area (Å²) in [6.07, 6.45) is -5.19. The van der Waals surface area contributed by atoms with Crippen LogP contribution < -0.4 is 0 Å². The number of hydrogen-bond acceptors (Lipinski definition) is 6. The van der Waals surface area contributed by atoms with Gasteiger partial charge >= 0.3 is 11.6 Å². The van der Waals surface area contributed by atoms with E-state index in [9.17, 15) is 26.7 Å². The van der Waals surface area contributed by atoms with Crippen LogP contribution in [0.1, 0.15) is 17.1 Å². The van der Waals surface area contributed by atoms with Gasteiger partial charge < -0.3 is 4.74 Å². The summed E-state index contributed by atoms with van der Waals surface area (Å²) in [6.45, 7) is -1.60. The van der Waals surface area contributed by atoms with Crippen LogP contribution in [0, 0.1) is 5.92 Å². The Labute approximate surface area is 169 Å². The molecule has 0 bridgehead atoms. The SMILES string of the molecule is O=C1CN(Cc2c(Cl)nc3sc(COCC(F)(F)F)nn23)CC1CC(F)(F)Cl. The number of Topliss-reactive ketones (excluding diaryl/α,β-unsaturated/α-hetero) is 1. The van der Waals surface area contributed by atoms with Crippen molar-refractivity contribution in [1.29, 1.82) is 0 Å². The highest BCUT2D eigenvalue weighted by Crippen LogP contribution is 2.32. The molecule has 1 aliphatic heterocycles. The van der Waals surface area contributed by atoms with Gasteiger partial charge in [0.2, 0.25) is 4.96 Å². The molecule has 0 N–H and O–H groups in total. The standard InChI is InChI=1S/C14H13Cl2F5N4O2S/c15-11-8(3-24-2-7(9(26)4-24)1-13(16,17)18)25-12(22-11)28-10(23-25)5-27-6-14(19,20)21/h7H,1-6H2. The van der Waals surface area contributed by atoms with Crippen LogP contribution in [0.15, 0.2) is 0 Å². The molecule has 1 fully saturated rings. The van der Waals surface area contributed by atoms with E-state index in [2.05, 4.69) is 14.8 Å². The van der Waals surface area contributed by atoms with E-state index in [4.69, 9.17) is 23.2 Å². The first kappa shape index (κ1) is 21.6. The average molecular weight is 467 g/mol. The molecule has 0 aliphatic carbocycles. The van der Waals surface area contributed by atoms with E-state index in [-0.39, 0.29) is 42.2 Å². The van der Waals surface area contributed by atoms with Gasteiger partial charge in [0.15, 0.2) is 10.9 Å². The lowest BCUT2D eigenvalue weighted by Gasteiger charge is -2.15. The van der Waals surface area contributed by atoms with Crippen LogP contribution in [0.3, 0.4) is 0 Å². The number of halogens is 7. The van der Waals surface area contributed by atoms with E-state index in [0.29, 0.717) is 10.7 Å². The maximum Gasteiger partial charge on any atom is 0.411 e. The van der Waals surface area contributed by atoms with Gasteiger partial charge in [0.05, 0.1) is 12.2 Å². The van der Waals surface area contributed by atoms with Crippen molar-refractivity contribution in [2.75, 3.05) is 19.7 Å². The van der Waals surface area contributed by atoms with Crippen molar-refractivity contribution in [3.63, 3.8) is 0 Å². The highest BCUT2D eigenvalue weighted by molar-refractivity contribution is 7.16. The molecule has 1 unspecified atom stereocenters. The molecule has 2 aromatic rings. The van der Waals surface area contributed by atoms with Crippen molar-refractivity contribution in [3.05, 3.63) is 15.9 Å². The van der Waals surface area contributed by atoms with E-state index >= 15 is 0 Å². The number of rotatable bonds is 7. The monoisotopic (exact) mass is 466 g/mol. The number of fused-ring (bicyclic) bond motifs is 1. The average Bonchev–Trinajstić information content (AvgIpc) is 3.13. The lowest BCUT2D eigenvalue weighted by molar-refractivity contribution is -0.176. The topological polar surface area (TPSA) is 59.7 Å². The normalized spacial score (nSPS) is 19.2. The first-order valence-corrected chi connectivity index (χ1v) is 9.47. The van der Waals surface area contributed by atoms with Gasteiger partial charge in [0.25, 0.3) is 0 Å². The number of hydrogen-bond donors (Lipinski definition) is 0. The largest absolute Gasteiger partial charge is 0.411 e. The Morgan fingerprint density at radius 3 is 2.64 bits per heavy atom. The second-order valence-electron chi connectivity index (χ2n) is 6.30. The quantitative estimate of drug-likeness (QED) is 0.459. The van der Waals surface area contributed by atoms with Crippen LogP contribution in [0.4, 0.5) is 22.0 Å². The van der Waals surface area contributed by atoms with Crippen molar-refractivity contribution in [1.82, 2.24) is 19.5 Å². The first-order chi connectivity index (χ1) is 12.9. The molecule has 1 aliphatic rings. The predicted molar refractivity (Wildman–Crippen MR) is 90.8 cm³/mol. The number of carbonyl (C=O) groups excluding carboxylic acids is 1. The number of likely N-dealkylation sites (tertiary alicyclic amines) is 1. The van der Waals surface area contributed by atoms with Crippen molar-refractivity contribution in [2.45, 2.75) is 31.1 Å². The third-order valence-corrected chi connectivity index (χ3v) is 5.28. The second kappa shape index (κ2) is 7.98. The smallest absolute Gasteiger partial charge is 0.365 e. The van der Waals surface area contributed by atoms with Crippen LogP contribution in [0.5, 0.6) is 0 Å². The van der Waals surface area contributed by atoms with Crippen LogP contribution in [0.25, 0.3) is 4.96 Å². The molecular formula is C14H13Cl2F5N4O2S. The fourth-order valence-electron chi connectivity index (χ4n) is 2.87. The molecule has 3 heterocycles. The van der Waals surface area contributed by atoms with Gasteiger partial charge in [0, 0.05) is 25.4 Å². The lowest BCUT2D eigenvalue weighted by atomic mass is 10.0. The molecule has 28 heavy (non-hydrogen) atoms. The number of alkyl halides is 6. The van der Waals surface area contributed by atoms with Crippen LogP contribution in [0.2, 0.25) is 5.15 Å². The molecule has 0 saturated carbocycles. The summed E-state index contributed by atoms with van der Waals surface area (Å²) in [7, 11) is 0. The molecule has 1 atom stereocenters. The molecule has 0 aromatic carbocycles. The maximum atomic E-state index is 13.0. The number of ketones is 1. The Morgan fingerprint density at radius 1 is 1.29 bits per heavy atom. The Bertz CT molecular complexity index is 866. The first-order valence-electron chi connectivity index (χ1n) is 7.90. The molecule has 14 heteroatoms. The zero-order valence-electron chi connectivity index (χ0n) is 14.0. The summed E-state index contributed by atoms with van der Waals surface area (Å²) in [5.41, 5.74) is 0.404. The Balaban J connectivity index is 1.68. The number of carbonyl (C=O) groups is 1. The number of aromatic nitrogens is 3. The third kappa shape index (κ3) is 5.50. The highest BCUT2D eigenvalue weighted by atomic mass is 35.5. The van der Waals surface area contributed by atoms with E-state index in [1.54, 1.807) is 4.90 Å². The summed E-state index contributed by atoms with van der Waals surface area (Å²) in [4.78, 5) is 18.0.